The molecule has 0 radical (unpaired) electrons. The minimum absolute atomic E-state index is 0.0440. The number of carbonyl (C=O) groups is 2. The summed E-state index contributed by atoms with van der Waals surface area (Å²) in [4.78, 5) is 29.1. The molecule has 0 spiro atoms. The number of carbonyl (C=O) groups excluding carboxylic acids is 2. The number of anilines is 1. The van der Waals surface area contributed by atoms with Crippen LogP contribution in [0.5, 0.6) is 17.2 Å². The molecule has 0 saturated carbocycles. The molecule has 1 N–H and O–H groups in total. The molecule has 156 valence electrons. The SMILES string of the molecule is O=C1Nc2ccccc2O[C@H]1CC(=O)N1CCN(Cc2ccc3c(c2)OCO3)CC1. The van der Waals surface area contributed by atoms with Gasteiger partial charge in [0.15, 0.2) is 17.6 Å². The van der Waals surface area contributed by atoms with Crippen molar-refractivity contribution >= 4 is 17.5 Å². The molecule has 0 aliphatic carbocycles. The molecule has 1 atom stereocenters. The predicted molar refractivity (Wildman–Crippen MR) is 109 cm³/mol. The maximum atomic E-state index is 12.7. The van der Waals surface area contributed by atoms with Gasteiger partial charge in [-0.15, -0.1) is 0 Å². The van der Waals surface area contributed by atoms with E-state index in [4.69, 9.17) is 14.2 Å². The van der Waals surface area contributed by atoms with Crippen LogP contribution in [0.3, 0.4) is 0 Å². The second kappa shape index (κ2) is 7.87. The van der Waals surface area contributed by atoms with Crippen molar-refractivity contribution in [2.24, 2.45) is 0 Å². The fourth-order valence-corrected chi connectivity index (χ4v) is 3.97. The summed E-state index contributed by atoms with van der Waals surface area (Å²) in [5, 5.41) is 2.81. The lowest BCUT2D eigenvalue weighted by Crippen LogP contribution is -2.50. The van der Waals surface area contributed by atoms with E-state index in [9.17, 15) is 9.59 Å². The van der Waals surface area contributed by atoms with E-state index in [-0.39, 0.29) is 25.0 Å². The number of hydrogen-bond acceptors (Lipinski definition) is 6. The highest BCUT2D eigenvalue weighted by Crippen LogP contribution is 2.33. The molecule has 3 aliphatic rings. The van der Waals surface area contributed by atoms with Crippen molar-refractivity contribution in [3.05, 3.63) is 48.0 Å². The standard InChI is InChI=1S/C22H23N3O5/c26-21(12-20-22(27)23-16-3-1-2-4-17(16)30-20)25-9-7-24(8-10-25)13-15-5-6-18-19(11-15)29-14-28-18/h1-6,11,20H,7-10,12-14H2,(H,23,27)/t20-/m0/s1. The van der Waals surface area contributed by atoms with Crippen molar-refractivity contribution in [2.45, 2.75) is 19.1 Å². The molecule has 2 aromatic rings. The Kier molecular flexibility index (Phi) is 4.92. The monoisotopic (exact) mass is 409 g/mol. The van der Waals surface area contributed by atoms with E-state index in [1.54, 1.807) is 12.1 Å². The minimum Gasteiger partial charge on any atom is -0.478 e. The maximum Gasteiger partial charge on any atom is 0.266 e. The zero-order valence-corrected chi connectivity index (χ0v) is 16.5. The Morgan fingerprint density at radius 1 is 1.00 bits per heavy atom. The van der Waals surface area contributed by atoms with Gasteiger partial charge in [-0.25, -0.2) is 0 Å². The average Bonchev–Trinajstić information content (AvgIpc) is 3.23. The van der Waals surface area contributed by atoms with Crippen LogP contribution < -0.4 is 19.5 Å². The van der Waals surface area contributed by atoms with Crippen molar-refractivity contribution in [3.8, 4) is 17.2 Å². The third kappa shape index (κ3) is 3.78. The topological polar surface area (TPSA) is 80.3 Å². The van der Waals surface area contributed by atoms with Crippen LogP contribution in [0.15, 0.2) is 42.5 Å². The van der Waals surface area contributed by atoms with Crippen LogP contribution >= 0.6 is 0 Å². The van der Waals surface area contributed by atoms with Gasteiger partial charge in [-0.05, 0) is 29.8 Å². The summed E-state index contributed by atoms with van der Waals surface area (Å²) in [6, 6.07) is 13.2. The van der Waals surface area contributed by atoms with Gasteiger partial charge < -0.3 is 24.4 Å². The number of hydrogen-bond donors (Lipinski definition) is 1. The fraction of sp³-hybridized carbons (Fsp3) is 0.364. The first-order valence-corrected chi connectivity index (χ1v) is 10.1. The first kappa shape index (κ1) is 18.7. The van der Waals surface area contributed by atoms with Gasteiger partial charge in [0.05, 0.1) is 12.1 Å². The van der Waals surface area contributed by atoms with Crippen LogP contribution in [0.25, 0.3) is 0 Å². The van der Waals surface area contributed by atoms with E-state index in [1.807, 2.05) is 35.2 Å². The summed E-state index contributed by atoms with van der Waals surface area (Å²) < 4.78 is 16.5. The molecule has 1 saturated heterocycles. The lowest BCUT2D eigenvalue weighted by atomic mass is 10.1. The third-order valence-electron chi connectivity index (χ3n) is 5.63. The quantitative estimate of drug-likeness (QED) is 0.830. The van der Waals surface area contributed by atoms with E-state index in [1.165, 1.54) is 0 Å². The molecule has 30 heavy (non-hydrogen) atoms. The summed E-state index contributed by atoms with van der Waals surface area (Å²) in [7, 11) is 0. The lowest BCUT2D eigenvalue weighted by molar-refractivity contribution is -0.138. The second-order valence-corrected chi connectivity index (χ2v) is 7.64. The third-order valence-corrected chi connectivity index (χ3v) is 5.63. The van der Waals surface area contributed by atoms with Crippen LogP contribution in [-0.2, 0) is 16.1 Å². The first-order chi connectivity index (χ1) is 14.7. The smallest absolute Gasteiger partial charge is 0.266 e. The van der Waals surface area contributed by atoms with Gasteiger partial charge in [-0.2, -0.15) is 0 Å². The number of benzene rings is 2. The largest absolute Gasteiger partial charge is 0.478 e. The predicted octanol–water partition coefficient (Wildman–Crippen LogP) is 1.85. The molecule has 8 heteroatoms. The highest BCUT2D eigenvalue weighted by molar-refractivity contribution is 5.99. The molecular weight excluding hydrogens is 386 g/mol. The molecule has 5 rings (SSSR count). The van der Waals surface area contributed by atoms with Gasteiger partial charge in [0.25, 0.3) is 5.91 Å². The highest BCUT2D eigenvalue weighted by atomic mass is 16.7. The zero-order chi connectivity index (χ0) is 20.5. The number of para-hydroxylation sites is 2. The van der Waals surface area contributed by atoms with Crippen molar-refractivity contribution in [1.82, 2.24) is 9.80 Å². The average molecular weight is 409 g/mol. The maximum absolute atomic E-state index is 12.7. The summed E-state index contributed by atoms with van der Waals surface area (Å²) in [6.45, 7) is 3.89. The number of ether oxygens (including phenoxy) is 3. The number of fused-ring (bicyclic) bond motifs is 2. The minimum atomic E-state index is -0.793. The van der Waals surface area contributed by atoms with Gasteiger partial charge in [0.1, 0.15) is 5.75 Å². The summed E-state index contributed by atoms with van der Waals surface area (Å²) in [6.07, 6.45) is -0.749. The van der Waals surface area contributed by atoms with Gasteiger partial charge >= 0.3 is 0 Å². The van der Waals surface area contributed by atoms with E-state index < -0.39 is 6.10 Å². The summed E-state index contributed by atoms with van der Waals surface area (Å²) in [5.74, 6) is 1.84. The number of rotatable bonds is 4. The Morgan fingerprint density at radius 3 is 2.67 bits per heavy atom. The number of amides is 2. The summed E-state index contributed by atoms with van der Waals surface area (Å²) in [5.41, 5.74) is 1.80. The van der Waals surface area contributed by atoms with Crippen LogP contribution in [0, 0.1) is 0 Å². The van der Waals surface area contributed by atoms with Gasteiger partial charge in [0.2, 0.25) is 12.7 Å². The Morgan fingerprint density at radius 2 is 1.80 bits per heavy atom. The van der Waals surface area contributed by atoms with Gasteiger partial charge in [0, 0.05) is 32.7 Å². The Hall–Kier alpha value is -3.26. The molecule has 0 bridgehead atoms. The Bertz CT molecular complexity index is 971. The fourth-order valence-electron chi connectivity index (χ4n) is 3.97. The van der Waals surface area contributed by atoms with Crippen LogP contribution in [0.1, 0.15) is 12.0 Å². The van der Waals surface area contributed by atoms with E-state index >= 15 is 0 Å². The molecule has 2 amide bonds. The first-order valence-electron chi connectivity index (χ1n) is 10.1. The number of nitrogens with zero attached hydrogens (tertiary/aromatic N) is 2. The van der Waals surface area contributed by atoms with E-state index in [2.05, 4.69) is 10.2 Å². The molecule has 3 aliphatic heterocycles. The van der Waals surface area contributed by atoms with Crippen LogP contribution in [-0.4, -0.2) is 60.7 Å². The van der Waals surface area contributed by atoms with Crippen molar-refractivity contribution < 1.29 is 23.8 Å². The molecule has 0 unspecified atom stereocenters. The number of piperazine rings is 1. The zero-order valence-electron chi connectivity index (χ0n) is 16.5. The van der Waals surface area contributed by atoms with Crippen molar-refractivity contribution in [1.29, 1.82) is 0 Å². The highest BCUT2D eigenvalue weighted by Gasteiger charge is 2.32. The van der Waals surface area contributed by atoms with Crippen LogP contribution in [0.4, 0.5) is 5.69 Å². The van der Waals surface area contributed by atoms with E-state index in [0.29, 0.717) is 24.5 Å². The van der Waals surface area contributed by atoms with Crippen molar-refractivity contribution in [3.63, 3.8) is 0 Å². The number of nitrogens with one attached hydrogen (secondary N) is 1. The molecule has 0 aromatic heterocycles. The molecule has 3 heterocycles. The van der Waals surface area contributed by atoms with E-state index in [0.717, 1.165) is 36.7 Å². The Balaban J connectivity index is 1.13. The molecule has 1 fully saturated rings. The van der Waals surface area contributed by atoms with Crippen LogP contribution in [0.2, 0.25) is 0 Å². The lowest BCUT2D eigenvalue weighted by Gasteiger charge is -2.35. The molecule has 2 aromatic carbocycles. The van der Waals surface area contributed by atoms with Crippen molar-refractivity contribution in [2.75, 3.05) is 38.3 Å². The normalized spacial score (nSPS) is 20.3. The van der Waals surface area contributed by atoms with Gasteiger partial charge in [-0.1, -0.05) is 18.2 Å². The van der Waals surface area contributed by atoms with Gasteiger partial charge in [-0.3, -0.25) is 14.5 Å². The Labute approximate surface area is 174 Å². The second-order valence-electron chi connectivity index (χ2n) is 7.64. The summed E-state index contributed by atoms with van der Waals surface area (Å²) >= 11 is 0. The molecule has 8 nitrogen and oxygen atoms in total. The molecular formula is C22H23N3O5.